The van der Waals surface area contributed by atoms with Crippen LogP contribution in [0.1, 0.15) is 36.6 Å². The topological polar surface area (TPSA) is 89.0 Å². The Hall–Kier alpha value is -3.19. The van der Waals surface area contributed by atoms with Crippen molar-refractivity contribution < 1.29 is 24.2 Å². The minimum absolute atomic E-state index is 0.0613. The van der Waals surface area contributed by atoms with Gasteiger partial charge in [-0.15, -0.1) is 0 Å². The molecule has 3 rings (SSSR count). The van der Waals surface area contributed by atoms with Gasteiger partial charge >= 0.3 is 0 Å². The zero-order valence-electron chi connectivity index (χ0n) is 18.3. The highest BCUT2D eigenvalue weighted by molar-refractivity contribution is 6.46. The van der Waals surface area contributed by atoms with E-state index in [1.165, 1.54) is 12.0 Å². The summed E-state index contributed by atoms with van der Waals surface area (Å²) in [5, 5.41) is 11.2. The van der Waals surface area contributed by atoms with Gasteiger partial charge in [0.1, 0.15) is 11.5 Å². The molecule has 0 radical (unpaired) electrons. The Labute approximate surface area is 182 Å². The second-order valence-corrected chi connectivity index (χ2v) is 7.95. The molecule has 2 heterocycles. The number of benzene rings is 1. The quantitative estimate of drug-likeness (QED) is 0.396. The van der Waals surface area contributed by atoms with Crippen LogP contribution in [0.4, 0.5) is 0 Å². The third-order valence-corrected chi connectivity index (χ3v) is 5.13. The van der Waals surface area contributed by atoms with E-state index in [2.05, 4.69) is 18.8 Å². The summed E-state index contributed by atoms with van der Waals surface area (Å²) in [5.74, 6) is -0.497. The van der Waals surface area contributed by atoms with Gasteiger partial charge in [0.25, 0.3) is 11.7 Å². The molecule has 1 aromatic carbocycles. The number of carbonyl (C=O) groups is 2. The van der Waals surface area contributed by atoms with Crippen molar-refractivity contribution >= 4 is 17.4 Å². The molecule has 1 saturated heterocycles. The fourth-order valence-corrected chi connectivity index (χ4v) is 3.59. The average Bonchev–Trinajstić information content (AvgIpc) is 3.01. The summed E-state index contributed by atoms with van der Waals surface area (Å²) in [5.41, 5.74) is 1.99. The van der Waals surface area contributed by atoms with Gasteiger partial charge in [-0.25, -0.2) is 0 Å². The number of ketones is 1. The summed E-state index contributed by atoms with van der Waals surface area (Å²) >= 11 is 0. The molecule has 1 N–H and O–H groups in total. The highest BCUT2D eigenvalue weighted by atomic mass is 16.5. The molecule has 1 amide bonds. The Kier molecular flexibility index (Phi) is 7.07. The van der Waals surface area contributed by atoms with Crippen molar-refractivity contribution in [3.05, 3.63) is 65.0 Å². The summed E-state index contributed by atoms with van der Waals surface area (Å²) < 4.78 is 10.9. The van der Waals surface area contributed by atoms with Crippen molar-refractivity contribution in [2.24, 2.45) is 5.92 Å². The van der Waals surface area contributed by atoms with E-state index in [9.17, 15) is 14.7 Å². The van der Waals surface area contributed by atoms with Crippen LogP contribution in [0.25, 0.3) is 5.76 Å². The Bertz CT molecular complexity index is 985. The number of amides is 1. The van der Waals surface area contributed by atoms with Crippen LogP contribution in [0.15, 0.2) is 48.3 Å². The first-order chi connectivity index (χ1) is 14.8. The Balaban J connectivity index is 2.06. The molecule has 164 valence electrons. The van der Waals surface area contributed by atoms with Crippen LogP contribution in [-0.4, -0.2) is 53.5 Å². The van der Waals surface area contributed by atoms with Crippen LogP contribution in [-0.2, 0) is 14.3 Å². The lowest BCUT2D eigenvalue weighted by Crippen LogP contribution is -2.32. The number of likely N-dealkylation sites (tertiary alicyclic amines) is 1. The number of rotatable bonds is 8. The number of carbonyl (C=O) groups excluding carboxylic acids is 2. The van der Waals surface area contributed by atoms with Gasteiger partial charge in [0.05, 0.1) is 24.8 Å². The maximum absolute atomic E-state index is 12.9. The highest BCUT2D eigenvalue weighted by Gasteiger charge is 2.45. The first kappa shape index (κ1) is 22.5. The van der Waals surface area contributed by atoms with E-state index in [0.29, 0.717) is 29.4 Å². The van der Waals surface area contributed by atoms with E-state index in [-0.39, 0.29) is 24.5 Å². The number of hydrogen-bond acceptors (Lipinski definition) is 6. The molecule has 1 aliphatic heterocycles. The Morgan fingerprint density at radius 2 is 1.90 bits per heavy atom. The normalized spacial score (nSPS) is 18.1. The van der Waals surface area contributed by atoms with Crippen LogP contribution in [0.3, 0.4) is 0 Å². The molecule has 0 spiro atoms. The smallest absolute Gasteiger partial charge is 0.295 e. The second-order valence-electron chi connectivity index (χ2n) is 7.95. The summed E-state index contributed by atoms with van der Waals surface area (Å²) in [7, 11) is 1.53. The van der Waals surface area contributed by atoms with Gasteiger partial charge in [0.2, 0.25) is 0 Å². The molecule has 0 unspecified atom stereocenters. The highest BCUT2D eigenvalue weighted by Crippen LogP contribution is 2.39. The van der Waals surface area contributed by atoms with Crippen LogP contribution >= 0.6 is 0 Å². The largest absolute Gasteiger partial charge is 0.507 e. The van der Waals surface area contributed by atoms with E-state index in [1.807, 2.05) is 13.0 Å². The molecule has 1 aliphatic rings. The first-order valence-electron chi connectivity index (χ1n) is 10.3. The van der Waals surface area contributed by atoms with Crippen molar-refractivity contribution in [1.29, 1.82) is 0 Å². The molecule has 7 nitrogen and oxygen atoms in total. The number of nitrogens with zero attached hydrogens (tertiary/aromatic N) is 2. The van der Waals surface area contributed by atoms with Crippen LogP contribution < -0.4 is 4.74 Å². The molecule has 0 aliphatic carbocycles. The van der Waals surface area contributed by atoms with E-state index < -0.39 is 17.7 Å². The molecule has 31 heavy (non-hydrogen) atoms. The molecule has 1 atom stereocenters. The van der Waals surface area contributed by atoms with Crippen LogP contribution in [0.2, 0.25) is 0 Å². The number of aliphatic hydroxyl groups is 1. The summed E-state index contributed by atoms with van der Waals surface area (Å²) in [4.78, 5) is 31.2. The fourth-order valence-electron chi connectivity index (χ4n) is 3.59. The first-order valence-corrected chi connectivity index (χ1v) is 10.3. The number of Topliss-reactive ketones (excluding diaryl/α,β-unsaturated/α-hetero) is 1. The van der Waals surface area contributed by atoms with E-state index in [0.717, 1.165) is 5.56 Å². The number of ether oxygens (including phenoxy) is 2. The fraction of sp³-hybridized carbons (Fsp3) is 0.375. The number of pyridine rings is 1. The zero-order chi connectivity index (χ0) is 22.5. The molecule has 0 saturated carbocycles. The van der Waals surface area contributed by atoms with Gasteiger partial charge in [-0.2, -0.15) is 0 Å². The monoisotopic (exact) mass is 424 g/mol. The van der Waals surface area contributed by atoms with Gasteiger partial charge in [-0.05, 0) is 54.3 Å². The van der Waals surface area contributed by atoms with Crippen molar-refractivity contribution in [2.45, 2.75) is 26.8 Å². The lowest BCUT2D eigenvalue weighted by Gasteiger charge is -2.25. The van der Waals surface area contributed by atoms with E-state index in [1.54, 1.807) is 36.7 Å². The third-order valence-electron chi connectivity index (χ3n) is 5.13. The number of methoxy groups -OCH3 is 1. The van der Waals surface area contributed by atoms with Crippen molar-refractivity contribution in [3.63, 3.8) is 0 Å². The summed E-state index contributed by atoms with van der Waals surface area (Å²) in [6.07, 6.45) is 3.19. The van der Waals surface area contributed by atoms with Gasteiger partial charge in [-0.3, -0.25) is 14.6 Å². The van der Waals surface area contributed by atoms with Crippen LogP contribution in [0, 0.1) is 12.8 Å². The standard InChI is InChI=1S/C24H28N2O5/c1-15(2)14-31-18-5-6-19(16(3)13-18)22(27)20-21(17-7-9-25-10-8-17)26(11-12-30-4)24(29)23(20)28/h5-10,13,15,21,27H,11-12,14H2,1-4H3/t21-/m0/s1. The van der Waals surface area contributed by atoms with E-state index >= 15 is 0 Å². The minimum atomic E-state index is -0.714. The number of aromatic nitrogens is 1. The van der Waals surface area contributed by atoms with Crippen molar-refractivity contribution in [3.8, 4) is 5.75 Å². The number of aliphatic hydroxyl groups excluding tert-OH is 1. The van der Waals surface area contributed by atoms with Gasteiger partial charge < -0.3 is 19.5 Å². The van der Waals surface area contributed by atoms with Gasteiger partial charge in [0.15, 0.2) is 0 Å². The third kappa shape index (κ3) is 4.77. The summed E-state index contributed by atoms with van der Waals surface area (Å²) in [6, 6.07) is 8.05. The SMILES string of the molecule is COCCN1C(=O)C(=O)C(=C(O)c2ccc(OCC(C)C)cc2C)[C@@H]1c1ccncc1. The molecule has 2 aromatic rings. The van der Waals surface area contributed by atoms with Gasteiger partial charge in [0, 0.05) is 31.6 Å². The maximum atomic E-state index is 12.9. The number of hydrogen-bond donors (Lipinski definition) is 1. The maximum Gasteiger partial charge on any atom is 0.295 e. The predicted molar refractivity (Wildman–Crippen MR) is 117 cm³/mol. The molecule has 1 aromatic heterocycles. The Morgan fingerprint density at radius 3 is 2.52 bits per heavy atom. The van der Waals surface area contributed by atoms with Crippen molar-refractivity contribution in [1.82, 2.24) is 9.88 Å². The number of aryl methyl sites for hydroxylation is 1. The molecular weight excluding hydrogens is 396 g/mol. The Morgan fingerprint density at radius 1 is 1.19 bits per heavy atom. The minimum Gasteiger partial charge on any atom is -0.507 e. The lowest BCUT2D eigenvalue weighted by molar-refractivity contribution is -0.140. The molecular formula is C24H28N2O5. The van der Waals surface area contributed by atoms with E-state index in [4.69, 9.17) is 9.47 Å². The molecule has 0 bridgehead atoms. The predicted octanol–water partition coefficient (Wildman–Crippen LogP) is 3.49. The second kappa shape index (κ2) is 9.75. The summed E-state index contributed by atoms with van der Waals surface area (Å²) in [6.45, 7) is 7.04. The lowest BCUT2D eigenvalue weighted by atomic mass is 9.94. The molecule has 7 heteroatoms. The zero-order valence-corrected chi connectivity index (χ0v) is 18.3. The van der Waals surface area contributed by atoms with Crippen LogP contribution in [0.5, 0.6) is 5.75 Å². The molecule has 1 fully saturated rings. The van der Waals surface area contributed by atoms with Gasteiger partial charge in [-0.1, -0.05) is 13.8 Å². The average molecular weight is 424 g/mol. The van der Waals surface area contributed by atoms with Crippen molar-refractivity contribution in [2.75, 3.05) is 26.9 Å².